The Morgan fingerprint density at radius 2 is 1.94 bits per heavy atom. The molecule has 90 valence electrons. The van der Waals surface area contributed by atoms with Crippen LogP contribution in [0.4, 0.5) is 0 Å². The fourth-order valence-electron chi connectivity index (χ4n) is 2.06. The maximum absolute atomic E-state index is 11.9. The first-order valence-corrected chi connectivity index (χ1v) is 5.68. The van der Waals surface area contributed by atoms with Gasteiger partial charge in [-0.05, 0) is 24.5 Å². The highest BCUT2D eigenvalue weighted by atomic mass is 16.4. The van der Waals surface area contributed by atoms with Crippen molar-refractivity contribution in [1.82, 2.24) is 4.90 Å². The van der Waals surface area contributed by atoms with Crippen molar-refractivity contribution in [3.8, 4) is 0 Å². The number of carboxylic acid groups (broad SMARTS) is 1. The molecule has 1 aromatic carbocycles. The third kappa shape index (κ3) is 2.30. The van der Waals surface area contributed by atoms with Crippen LogP contribution in [-0.2, 0) is 22.6 Å². The van der Waals surface area contributed by atoms with Crippen molar-refractivity contribution in [2.24, 2.45) is 5.92 Å². The maximum Gasteiger partial charge on any atom is 0.315 e. The zero-order chi connectivity index (χ0) is 12.4. The number of aliphatic carboxylic acids is 1. The van der Waals surface area contributed by atoms with Crippen molar-refractivity contribution < 1.29 is 14.7 Å². The lowest BCUT2D eigenvalue weighted by molar-refractivity contribution is -0.150. The van der Waals surface area contributed by atoms with Gasteiger partial charge in [-0.2, -0.15) is 0 Å². The lowest BCUT2D eigenvalue weighted by Crippen LogP contribution is -2.41. The number of carbonyl (C=O) groups is 2. The van der Waals surface area contributed by atoms with Gasteiger partial charge in [-0.3, -0.25) is 9.59 Å². The highest BCUT2D eigenvalue weighted by molar-refractivity contribution is 5.96. The molecular formula is C13H15NO3. The van der Waals surface area contributed by atoms with Crippen LogP contribution in [0.5, 0.6) is 0 Å². The number of benzene rings is 1. The Hall–Kier alpha value is -1.84. The van der Waals surface area contributed by atoms with E-state index in [4.69, 9.17) is 5.11 Å². The number of fused-ring (bicyclic) bond motifs is 1. The van der Waals surface area contributed by atoms with Crippen molar-refractivity contribution >= 4 is 11.9 Å². The van der Waals surface area contributed by atoms with E-state index in [-0.39, 0.29) is 5.91 Å². The topological polar surface area (TPSA) is 57.6 Å². The molecular weight excluding hydrogens is 218 g/mol. The number of rotatable bonds is 2. The molecule has 1 amide bonds. The molecule has 0 spiro atoms. The summed E-state index contributed by atoms with van der Waals surface area (Å²) in [5.41, 5.74) is 2.37. The first kappa shape index (κ1) is 11.6. The summed E-state index contributed by atoms with van der Waals surface area (Å²) in [6, 6.07) is 7.96. The first-order chi connectivity index (χ1) is 8.09. The predicted molar refractivity (Wildman–Crippen MR) is 62.4 cm³/mol. The van der Waals surface area contributed by atoms with Gasteiger partial charge in [-0.1, -0.05) is 24.3 Å². The summed E-state index contributed by atoms with van der Waals surface area (Å²) < 4.78 is 0. The van der Waals surface area contributed by atoms with Gasteiger partial charge >= 0.3 is 5.97 Å². The summed E-state index contributed by atoms with van der Waals surface area (Å²) >= 11 is 0. The highest BCUT2D eigenvalue weighted by Gasteiger charge is 2.28. The number of carbonyl (C=O) groups excluding carboxylic acids is 1. The smallest absolute Gasteiger partial charge is 0.315 e. The van der Waals surface area contributed by atoms with Crippen molar-refractivity contribution in [1.29, 1.82) is 0 Å². The lowest BCUT2D eigenvalue weighted by Gasteiger charge is -2.30. The Kier molecular flexibility index (Phi) is 3.13. The van der Waals surface area contributed by atoms with Crippen molar-refractivity contribution in [3.63, 3.8) is 0 Å². The Labute approximate surface area is 99.9 Å². The minimum Gasteiger partial charge on any atom is -0.481 e. The molecule has 1 atom stereocenters. The monoisotopic (exact) mass is 233 g/mol. The van der Waals surface area contributed by atoms with E-state index >= 15 is 0 Å². The van der Waals surface area contributed by atoms with Gasteiger partial charge in [0.2, 0.25) is 5.91 Å². The number of amides is 1. The molecule has 4 heteroatoms. The fourth-order valence-corrected chi connectivity index (χ4v) is 2.06. The van der Waals surface area contributed by atoms with E-state index in [2.05, 4.69) is 6.07 Å². The van der Waals surface area contributed by atoms with Crippen LogP contribution >= 0.6 is 0 Å². The quantitative estimate of drug-likeness (QED) is 0.783. The summed E-state index contributed by atoms with van der Waals surface area (Å²) in [4.78, 5) is 24.3. The molecule has 0 aromatic heterocycles. The highest BCUT2D eigenvalue weighted by Crippen LogP contribution is 2.19. The van der Waals surface area contributed by atoms with E-state index in [9.17, 15) is 9.59 Å². The SMILES string of the molecule is CC(C(=O)O)C(=O)N1CCc2ccccc2C1. The Morgan fingerprint density at radius 3 is 2.59 bits per heavy atom. The molecule has 4 nitrogen and oxygen atoms in total. The van der Waals surface area contributed by atoms with Gasteiger partial charge < -0.3 is 10.0 Å². The molecule has 1 unspecified atom stereocenters. The van der Waals surface area contributed by atoms with Gasteiger partial charge in [0.1, 0.15) is 5.92 Å². The van der Waals surface area contributed by atoms with Crippen molar-refractivity contribution in [2.75, 3.05) is 6.54 Å². The lowest BCUT2D eigenvalue weighted by atomic mass is 9.99. The summed E-state index contributed by atoms with van der Waals surface area (Å²) in [6.45, 7) is 2.56. The normalized spacial score (nSPS) is 16.2. The van der Waals surface area contributed by atoms with Crippen LogP contribution < -0.4 is 0 Å². The fraction of sp³-hybridized carbons (Fsp3) is 0.385. The Balaban J connectivity index is 2.12. The number of nitrogens with zero attached hydrogens (tertiary/aromatic N) is 1. The number of carboxylic acids is 1. The third-order valence-electron chi connectivity index (χ3n) is 3.18. The first-order valence-electron chi connectivity index (χ1n) is 5.68. The molecule has 0 fully saturated rings. The zero-order valence-corrected chi connectivity index (χ0v) is 9.72. The van der Waals surface area contributed by atoms with E-state index in [1.807, 2.05) is 18.2 Å². The van der Waals surface area contributed by atoms with Gasteiger partial charge in [-0.25, -0.2) is 0 Å². The molecule has 0 aliphatic carbocycles. The summed E-state index contributed by atoms with van der Waals surface area (Å²) in [5, 5.41) is 8.83. The third-order valence-corrected chi connectivity index (χ3v) is 3.18. The molecule has 1 heterocycles. The second kappa shape index (κ2) is 4.57. The molecule has 0 saturated heterocycles. The Morgan fingerprint density at radius 1 is 1.29 bits per heavy atom. The summed E-state index contributed by atoms with van der Waals surface area (Å²) in [7, 11) is 0. The number of hydrogen-bond donors (Lipinski definition) is 1. The van der Waals surface area contributed by atoms with E-state index < -0.39 is 11.9 Å². The average Bonchev–Trinajstić information content (AvgIpc) is 2.36. The molecule has 2 rings (SSSR count). The van der Waals surface area contributed by atoms with Gasteiger partial charge in [-0.15, -0.1) is 0 Å². The minimum atomic E-state index is -1.06. The Bertz CT molecular complexity index is 456. The van der Waals surface area contributed by atoms with Gasteiger partial charge in [0.15, 0.2) is 0 Å². The zero-order valence-electron chi connectivity index (χ0n) is 9.72. The van der Waals surface area contributed by atoms with Crippen LogP contribution in [0.25, 0.3) is 0 Å². The van der Waals surface area contributed by atoms with E-state index in [0.29, 0.717) is 13.1 Å². The molecule has 0 bridgehead atoms. The number of hydrogen-bond acceptors (Lipinski definition) is 2. The largest absolute Gasteiger partial charge is 0.481 e. The van der Waals surface area contributed by atoms with Gasteiger partial charge in [0.05, 0.1) is 0 Å². The minimum absolute atomic E-state index is 0.299. The van der Waals surface area contributed by atoms with Crippen LogP contribution in [0.1, 0.15) is 18.1 Å². The molecule has 0 radical (unpaired) electrons. The predicted octanol–water partition coefficient (Wildman–Crippen LogP) is 1.29. The van der Waals surface area contributed by atoms with E-state index in [0.717, 1.165) is 12.0 Å². The van der Waals surface area contributed by atoms with Crippen molar-refractivity contribution in [2.45, 2.75) is 19.9 Å². The second-order valence-corrected chi connectivity index (χ2v) is 4.34. The molecule has 1 aliphatic rings. The molecule has 1 N–H and O–H groups in total. The summed E-state index contributed by atoms with van der Waals surface area (Å²) in [6.07, 6.45) is 0.800. The van der Waals surface area contributed by atoms with Gasteiger partial charge in [0.25, 0.3) is 0 Å². The van der Waals surface area contributed by atoms with E-state index in [1.165, 1.54) is 12.5 Å². The maximum atomic E-state index is 11.9. The van der Waals surface area contributed by atoms with Gasteiger partial charge in [0, 0.05) is 13.1 Å². The molecule has 1 aliphatic heterocycles. The molecule has 17 heavy (non-hydrogen) atoms. The van der Waals surface area contributed by atoms with Crippen LogP contribution in [0, 0.1) is 5.92 Å². The summed E-state index contributed by atoms with van der Waals surface area (Å²) in [5.74, 6) is -2.32. The molecule has 1 aromatic rings. The average molecular weight is 233 g/mol. The van der Waals surface area contributed by atoms with Crippen LogP contribution in [0.2, 0.25) is 0 Å². The molecule has 0 saturated carbocycles. The van der Waals surface area contributed by atoms with Crippen LogP contribution in [0.15, 0.2) is 24.3 Å². The van der Waals surface area contributed by atoms with E-state index in [1.54, 1.807) is 4.90 Å². The van der Waals surface area contributed by atoms with Crippen molar-refractivity contribution in [3.05, 3.63) is 35.4 Å². The standard InChI is InChI=1S/C13H15NO3/c1-9(13(16)17)12(15)14-7-6-10-4-2-3-5-11(10)8-14/h2-5,9H,6-8H2,1H3,(H,16,17). The van der Waals surface area contributed by atoms with Crippen LogP contribution in [-0.4, -0.2) is 28.4 Å². The second-order valence-electron chi connectivity index (χ2n) is 4.34. The van der Waals surface area contributed by atoms with Crippen LogP contribution in [0.3, 0.4) is 0 Å².